The van der Waals surface area contributed by atoms with Crippen molar-refractivity contribution in [2.45, 2.75) is 19.1 Å². The van der Waals surface area contributed by atoms with Crippen molar-refractivity contribution in [1.29, 1.82) is 0 Å². The van der Waals surface area contributed by atoms with Crippen LogP contribution in [0.5, 0.6) is 5.75 Å². The van der Waals surface area contributed by atoms with E-state index in [1.807, 2.05) is 55.5 Å². The van der Waals surface area contributed by atoms with Crippen LogP contribution in [0.2, 0.25) is 0 Å². The van der Waals surface area contributed by atoms with Crippen molar-refractivity contribution in [2.24, 2.45) is 0 Å². The quantitative estimate of drug-likeness (QED) is 0.880. The maximum Gasteiger partial charge on any atom is 0.259 e. The number of nitrogens with zero attached hydrogens (tertiary/aromatic N) is 1. The van der Waals surface area contributed by atoms with Gasteiger partial charge in [0, 0.05) is 5.69 Å². The highest BCUT2D eigenvalue weighted by molar-refractivity contribution is 6.04. The van der Waals surface area contributed by atoms with Crippen molar-refractivity contribution >= 4 is 11.6 Å². The predicted molar refractivity (Wildman–Crippen MR) is 80.4 cm³/mol. The first kappa shape index (κ1) is 13.6. The van der Waals surface area contributed by atoms with Gasteiger partial charge in [0.25, 0.3) is 5.91 Å². The van der Waals surface area contributed by atoms with E-state index < -0.39 is 6.10 Å². The average molecular weight is 283 g/mol. The molecule has 1 heterocycles. The zero-order valence-corrected chi connectivity index (χ0v) is 12.0. The molecule has 4 heteroatoms. The minimum absolute atomic E-state index is 0.264. The third-order valence-electron chi connectivity index (χ3n) is 3.84. The maximum absolute atomic E-state index is 12.0. The molecule has 3 rings (SSSR count). The number of benzene rings is 2. The molecule has 0 spiro atoms. The third kappa shape index (κ3) is 2.28. The Balaban J connectivity index is 1.92. The van der Waals surface area contributed by atoms with Gasteiger partial charge in [-0.2, -0.15) is 0 Å². The molecule has 0 radical (unpaired) electrons. The second-order valence-electron chi connectivity index (χ2n) is 5.21. The molecule has 0 bridgehead atoms. The molecule has 21 heavy (non-hydrogen) atoms. The van der Waals surface area contributed by atoms with E-state index in [2.05, 4.69) is 0 Å². The van der Waals surface area contributed by atoms with Crippen molar-refractivity contribution < 1.29 is 14.6 Å². The molecular formula is C17H17NO3. The molecule has 1 amide bonds. The number of hydrogen-bond acceptors (Lipinski definition) is 3. The normalized spacial score (nSPS) is 21.1. The first-order chi connectivity index (χ1) is 10.1. The Kier molecular flexibility index (Phi) is 3.39. The number of β-lactam (4-membered cyclic amide) rings is 1. The van der Waals surface area contributed by atoms with Crippen LogP contribution in [0, 0.1) is 6.92 Å². The van der Waals surface area contributed by atoms with Gasteiger partial charge >= 0.3 is 0 Å². The Bertz CT molecular complexity index is 649. The van der Waals surface area contributed by atoms with Crippen LogP contribution in [-0.4, -0.2) is 24.2 Å². The van der Waals surface area contributed by atoms with Crippen LogP contribution in [0.4, 0.5) is 5.69 Å². The first-order valence-electron chi connectivity index (χ1n) is 6.83. The summed E-state index contributed by atoms with van der Waals surface area (Å²) in [6, 6.07) is 14.8. The maximum atomic E-state index is 12.0. The summed E-state index contributed by atoms with van der Waals surface area (Å²) in [5, 5.41) is 10.0. The Hall–Kier alpha value is -2.33. The van der Waals surface area contributed by atoms with E-state index >= 15 is 0 Å². The van der Waals surface area contributed by atoms with Crippen molar-refractivity contribution in [3.63, 3.8) is 0 Å². The Morgan fingerprint density at radius 1 is 1.05 bits per heavy atom. The van der Waals surface area contributed by atoms with E-state index in [4.69, 9.17) is 4.74 Å². The Labute approximate surface area is 123 Å². The molecule has 2 unspecified atom stereocenters. The van der Waals surface area contributed by atoms with E-state index in [-0.39, 0.29) is 11.9 Å². The number of amides is 1. The van der Waals surface area contributed by atoms with Gasteiger partial charge < -0.3 is 9.84 Å². The summed E-state index contributed by atoms with van der Waals surface area (Å²) >= 11 is 0. The summed E-state index contributed by atoms with van der Waals surface area (Å²) in [4.78, 5) is 13.6. The van der Waals surface area contributed by atoms with Gasteiger partial charge in [0.2, 0.25) is 0 Å². The molecule has 4 nitrogen and oxygen atoms in total. The SMILES string of the molecule is COc1ccc(C2C(O)C(=O)N2c2ccc(C)cc2)cc1. The van der Waals surface area contributed by atoms with Gasteiger partial charge in [-0.15, -0.1) is 0 Å². The molecule has 1 saturated heterocycles. The van der Waals surface area contributed by atoms with Crippen molar-refractivity contribution in [3.05, 3.63) is 59.7 Å². The standard InChI is InChI=1S/C17H17NO3/c1-11-3-7-13(8-4-11)18-15(16(19)17(18)20)12-5-9-14(21-2)10-6-12/h3-10,15-16,19H,1-2H3. The highest BCUT2D eigenvalue weighted by atomic mass is 16.5. The smallest absolute Gasteiger partial charge is 0.259 e. The lowest BCUT2D eigenvalue weighted by molar-refractivity contribution is -0.137. The number of aryl methyl sites for hydroxylation is 1. The van der Waals surface area contributed by atoms with Gasteiger partial charge in [-0.05, 0) is 36.8 Å². The van der Waals surface area contributed by atoms with Crippen LogP contribution in [0.15, 0.2) is 48.5 Å². The van der Waals surface area contributed by atoms with E-state index in [0.717, 1.165) is 22.6 Å². The van der Waals surface area contributed by atoms with Gasteiger partial charge in [-0.1, -0.05) is 29.8 Å². The third-order valence-corrected chi connectivity index (χ3v) is 3.84. The number of carbonyl (C=O) groups excluding carboxylic acids is 1. The van der Waals surface area contributed by atoms with Crippen LogP contribution in [0.25, 0.3) is 0 Å². The fourth-order valence-electron chi connectivity index (χ4n) is 2.60. The van der Waals surface area contributed by atoms with E-state index in [1.54, 1.807) is 12.0 Å². The lowest BCUT2D eigenvalue weighted by atomic mass is 9.90. The fraction of sp³-hybridized carbons (Fsp3) is 0.235. The van der Waals surface area contributed by atoms with Crippen LogP contribution in [0.3, 0.4) is 0 Å². The summed E-state index contributed by atoms with van der Waals surface area (Å²) in [5.41, 5.74) is 2.83. The van der Waals surface area contributed by atoms with E-state index in [1.165, 1.54) is 0 Å². The Morgan fingerprint density at radius 3 is 2.24 bits per heavy atom. The van der Waals surface area contributed by atoms with Crippen molar-refractivity contribution in [2.75, 3.05) is 12.0 Å². The minimum atomic E-state index is -0.986. The van der Waals surface area contributed by atoms with Crippen molar-refractivity contribution in [1.82, 2.24) is 0 Å². The molecule has 1 fully saturated rings. The van der Waals surface area contributed by atoms with Crippen LogP contribution < -0.4 is 9.64 Å². The monoisotopic (exact) mass is 283 g/mol. The molecule has 1 aliphatic heterocycles. The summed E-state index contributed by atoms with van der Waals surface area (Å²) in [6.07, 6.45) is -0.986. The number of aliphatic hydroxyl groups excluding tert-OH is 1. The summed E-state index contributed by atoms with van der Waals surface area (Å²) in [6.45, 7) is 2.00. The predicted octanol–water partition coefficient (Wildman–Crippen LogP) is 2.45. The number of aliphatic hydroxyl groups is 1. The van der Waals surface area contributed by atoms with Gasteiger partial charge in [-0.3, -0.25) is 9.69 Å². The zero-order chi connectivity index (χ0) is 15.0. The molecule has 2 aromatic rings. The summed E-state index contributed by atoms with van der Waals surface area (Å²) in [7, 11) is 1.61. The van der Waals surface area contributed by atoms with Crippen molar-refractivity contribution in [3.8, 4) is 5.75 Å². The lowest BCUT2D eigenvalue weighted by Gasteiger charge is -2.44. The minimum Gasteiger partial charge on any atom is -0.497 e. The van der Waals surface area contributed by atoms with Gasteiger partial charge in [0.05, 0.1) is 13.2 Å². The number of anilines is 1. The first-order valence-corrected chi connectivity index (χ1v) is 6.83. The summed E-state index contributed by atoms with van der Waals surface area (Å²) in [5.74, 6) is 0.487. The summed E-state index contributed by atoms with van der Waals surface area (Å²) < 4.78 is 5.13. The zero-order valence-electron chi connectivity index (χ0n) is 12.0. The molecule has 0 aromatic heterocycles. The molecule has 0 saturated carbocycles. The topological polar surface area (TPSA) is 49.8 Å². The van der Waals surface area contributed by atoms with Gasteiger partial charge in [0.1, 0.15) is 5.75 Å². The average Bonchev–Trinajstić information content (AvgIpc) is 2.53. The van der Waals surface area contributed by atoms with Crippen LogP contribution in [-0.2, 0) is 4.79 Å². The molecule has 108 valence electrons. The number of methoxy groups -OCH3 is 1. The molecule has 1 N–H and O–H groups in total. The second-order valence-corrected chi connectivity index (χ2v) is 5.21. The van der Waals surface area contributed by atoms with E-state index in [0.29, 0.717) is 0 Å². The number of ether oxygens (including phenoxy) is 1. The lowest BCUT2D eigenvalue weighted by Crippen LogP contribution is -2.59. The van der Waals surface area contributed by atoms with Gasteiger partial charge in [-0.25, -0.2) is 0 Å². The van der Waals surface area contributed by atoms with Crippen LogP contribution in [0.1, 0.15) is 17.2 Å². The molecule has 0 aliphatic carbocycles. The largest absolute Gasteiger partial charge is 0.497 e. The molecular weight excluding hydrogens is 266 g/mol. The highest BCUT2D eigenvalue weighted by Gasteiger charge is 2.47. The fourth-order valence-corrected chi connectivity index (χ4v) is 2.60. The number of rotatable bonds is 3. The number of hydrogen-bond donors (Lipinski definition) is 1. The van der Waals surface area contributed by atoms with Gasteiger partial charge in [0.15, 0.2) is 6.10 Å². The Morgan fingerprint density at radius 2 is 1.67 bits per heavy atom. The second kappa shape index (κ2) is 5.22. The van der Waals surface area contributed by atoms with Crippen LogP contribution >= 0.6 is 0 Å². The molecule has 2 aromatic carbocycles. The molecule has 2 atom stereocenters. The molecule has 1 aliphatic rings. The number of carbonyl (C=O) groups is 1. The highest BCUT2D eigenvalue weighted by Crippen LogP contribution is 2.39. The van der Waals surface area contributed by atoms with E-state index in [9.17, 15) is 9.90 Å².